The monoisotopic (exact) mass is 377 g/mol. The van der Waals surface area contributed by atoms with Gasteiger partial charge in [0.05, 0.1) is 7.11 Å². The van der Waals surface area contributed by atoms with E-state index in [4.69, 9.17) is 14.2 Å². The Hall–Kier alpha value is -2.44. The van der Waals surface area contributed by atoms with Gasteiger partial charge in [0.2, 0.25) is 0 Å². The number of nitrogens with zero attached hydrogens (tertiary/aromatic N) is 1. The van der Waals surface area contributed by atoms with Gasteiger partial charge in [-0.25, -0.2) is 9.59 Å². The summed E-state index contributed by atoms with van der Waals surface area (Å²) in [7, 11) is 1.45. The maximum Gasteiger partial charge on any atom is 0.410 e. The second-order valence-electron chi connectivity index (χ2n) is 8.22. The first-order chi connectivity index (χ1) is 12.6. The summed E-state index contributed by atoms with van der Waals surface area (Å²) in [4.78, 5) is 25.4. The van der Waals surface area contributed by atoms with Crippen molar-refractivity contribution in [1.29, 1.82) is 0 Å². The van der Waals surface area contributed by atoms with Crippen molar-refractivity contribution in [3.63, 3.8) is 0 Å². The molecule has 0 atom stereocenters. The molecule has 1 amide bonds. The fraction of sp³-hybridized carbons (Fsp3) is 0.600. The number of benzene rings is 1. The van der Waals surface area contributed by atoms with Gasteiger partial charge in [-0.1, -0.05) is 0 Å². The maximum atomic E-state index is 12.3. The first-order valence-electron chi connectivity index (χ1n) is 9.24. The fourth-order valence-electron chi connectivity index (χ4n) is 3.65. The number of carbonyl (C=O) groups is 2. The van der Waals surface area contributed by atoms with Gasteiger partial charge < -0.3 is 24.2 Å². The molecule has 1 spiro atoms. The van der Waals surface area contributed by atoms with Crippen LogP contribution < -0.4 is 9.47 Å². The zero-order chi connectivity index (χ0) is 19.8. The molecular weight excluding hydrogens is 350 g/mol. The molecule has 2 aliphatic rings. The molecule has 2 heterocycles. The van der Waals surface area contributed by atoms with Crippen LogP contribution >= 0.6 is 0 Å². The topological polar surface area (TPSA) is 85.3 Å². The van der Waals surface area contributed by atoms with Crippen LogP contribution in [0.25, 0.3) is 0 Å². The Morgan fingerprint density at radius 1 is 1.19 bits per heavy atom. The van der Waals surface area contributed by atoms with E-state index in [0.29, 0.717) is 37.4 Å². The Morgan fingerprint density at radius 2 is 1.85 bits per heavy atom. The number of aromatic carboxylic acids is 1. The molecule has 27 heavy (non-hydrogen) atoms. The first-order valence-corrected chi connectivity index (χ1v) is 9.24. The van der Waals surface area contributed by atoms with Crippen molar-refractivity contribution >= 4 is 12.1 Å². The molecule has 0 radical (unpaired) electrons. The van der Waals surface area contributed by atoms with Crippen molar-refractivity contribution in [2.75, 3.05) is 20.2 Å². The Labute approximate surface area is 159 Å². The molecular formula is C20H27NO6. The van der Waals surface area contributed by atoms with E-state index in [9.17, 15) is 14.7 Å². The van der Waals surface area contributed by atoms with Gasteiger partial charge >= 0.3 is 12.1 Å². The zero-order valence-corrected chi connectivity index (χ0v) is 16.3. The van der Waals surface area contributed by atoms with E-state index < -0.39 is 11.6 Å². The number of hydrogen-bond donors (Lipinski definition) is 1. The molecule has 1 saturated heterocycles. The second-order valence-corrected chi connectivity index (χ2v) is 8.22. The van der Waals surface area contributed by atoms with E-state index in [1.54, 1.807) is 17.0 Å². The van der Waals surface area contributed by atoms with Crippen LogP contribution in [0, 0.1) is 0 Å². The maximum absolute atomic E-state index is 12.3. The van der Waals surface area contributed by atoms with Crippen molar-refractivity contribution in [3.8, 4) is 11.5 Å². The molecule has 0 bridgehead atoms. The highest BCUT2D eigenvalue weighted by atomic mass is 16.6. The van der Waals surface area contributed by atoms with Crippen molar-refractivity contribution in [3.05, 3.63) is 23.3 Å². The number of ether oxygens (including phenoxy) is 3. The summed E-state index contributed by atoms with van der Waals surface area (Å²) in [6, 6.07) is 3.30. The minimum absolute atomic E-state index is 0.149. The quantitative estimate of drug-likeness (QED) is 0.849. The van der Waals surface area contributed by atoms with E-state index in [2.05, 4.69) is 0 Å². The molecule has 0 saturated carbocycles. The number of hydrogen-bond acceptors (Lipinski definition) is 5. The van der Waals surface area contributed by atoms with Crippen LogP contribution in [-0.2, 0) is 11.2 Å². The summed E-state index contributed by atoms with van der Waals surface area (Å²) in [6.45, 7) is 6.73. The number of fused-ring (bicyclic) bond motifs is 1. The third-order valence-electron chi connectivity index (χ3n) is 5.12. The van der Waals surface area contributed by atoms with Gasteiger partial charge in [-0.15, -0.1) is 0 Å². The van der Waals surface area contributed by atoms with Gasteiger partial charge in [-0.05, 0) is 45.2 Å². The average Bonchev–Trinajstić information content (AvgIpc) is 2.59. The van der Waals surface area contributed by atoms with Crippen LogP contribution in [0.5, 0.6) is 11.5 Å². The summed E-state index contributed by atoms with van der Waals surface area (Å²) in [5, 5.41) is 9.33. The lowest BCUT2D eigenvalue weighted by molar-refractivity contribution is -0.0273. The van der Waals surface area contributed by atoms with Crippen molar-refractivity contribution < 1.29 is 28.9 Å². The SMILES string of the molecule is COc1cc2c(cc1C(=O)O)CCC1(CCN(C(=O)OC(C)(C)C)CC1)O2. The molecule has 1 aromatic rings. The number of methoxy groups -OCH3 is 1. The molecule has 2 aliphatic heterocycles. The van der Waals surface area contributed by atoms with Gasteiger partial charge in [0, 0.05) is 32.0 Å². The van der Waals surface area contributed by atoms with Crippen LogP contribution in [0.3, 0.4) is 0 Å². The molecule has 0 aromatic heterocycles. The van der Waals surface area contributed by atoms with Gasteiger partial charge in [-0.2, -0.15) is 0 Å². The number of likely N-dealkylation sites (tertiary alicyclic amines) is 1. The van der Waals surface area contributed by atoms with E-state index in [1.165, 1.54) is 7.11 Å². The molecule has 1 N–H and O–H groups in total. The Balaban J connectivity index is 1.71. The number of amides is 1. The number of aryl methyl sites for hydroxylation is 1. The van der Waals surface area contributed by atoms with Crippen LogP contribution in [0.15, 0.2) is 12.1 Å². The van der Waals surface area contributed by atoms with E-state index >= 15 is 0 Å². The number of carboxylic acids is 1. The molecule has 3 rings (SSSR count). The molecule has 7 heteroatoms. The van der Waals surface area contributed by atoms with E-state index in [0.717, 1.165) is 18.4 Å². The van der Waals surface area contributed by atoms with Crippen LogP contribution in [0.1, 0.15) is 56.0 Å². The smallest absolute Gasteiger partial charge is 0.410 e. The predicted molar refractivity (Wildman–Crippen MR) is 98.7 cm³/mol. The van der Waals surface area contributed by atoms with E-state index in [-0.39, 0.29) is 17.3 Å². The normalized spacial score (nSPS) is 18.4. The third kappa shape index (κ3) is 4.12. The van der Waals surface area contributed by atoms with Gasteiger partial charge in [0.15, 0.2) is 0 Å². The van der Waals surface area contributed by atoms with Crippen LogP contribution in [-0.4, -0.2) is 53.5 Å². The standard InChI is InChI=1S/C20H27NO6/c1-19(2,3)27-18(24)21-9-7-20(8-10-21)6-5-13-11-14(17(22)23)16(25-4)12-15(13)26-20/h11-12H,5-10H2,1-4H3,(H,22,23). The second kappa shape index (κ2) is 6.94. The highest BCUT2D eigenvalue weighted by molar-refractivity contribution is 5.91. The van der Waals surface area contributed by atoms with Crippen molar-refractivity contribution in [2.24, 2.45) is 0 Å². The van der Waals surface area contributed by atoms with Gasteiger partial charge in [0.1, 0.15) is 28.3 Å². The third-order valence-corrected chi connectivity index (χ3v) is 5.12. The molecule has 1 fully saturated rings. The Morgan fingerprint density at radius 3 is 2.41 bits per heavy atom. The fourth-order valence-corrected chi connectivity index (χ4v) is 3.65. The minimum Gasteiger partial charge on any atom is -0.496 e. The lowest BCUT2D eigenvalue weighted by Crippen LogP contribution is -2.52. The molecule has 148 valence electrons. The first kappa shape index (κ1) is 19.3. The summed E-state index contributed by atoms with van der Waals surface area (Å²) in [5.74, 6) is -0.0427. The van der Waals surface area contributed by atoms with Crippen molar-refractivity contribution in [1.82, 2.24) is 4.90 Å². The highest BCUT2D eigenvalue weighted by Gasteiger charge is 2.41. The lowest BCUT2D eigenvalue weighted by Gasteiger charge is -2.44. The van der Waals surface area contributed by atoms with Gasteiger partial charge in [0.25, 0.3) is 0 Å². The number of carboxylic acid groups (broad SMARTS) is 1. The van der Waals surface area contributed by atoms with Crippen LogP contribution in [0.2, 0.25) is 0 Å². The molecule has 7 nitrogen and oxygen atoms in total. The molecule has 0 aliphatic carbocycles. The largest absolute Gasteiger partial charge is 0.496 e. The lowest BCUT2D eigenvalue weighted by atomic mass is 9.83. The molecule has 0 unspecified atom stereocenters. The van der Waals surface area contributed by atoms with Crippen LogP contribution in [0.4, 0.5) is 4.79 Å². The number of rotatable bonds is 2. The van der Waals surface area contributed by atoms with Gasteiger partial charge in [-0.3, -0.25) is 0 Å². The predicted octanol–water partition coefficient (Wildman–Crippen LogP) is 3.49. The molecule has 1 aromatic carbocycles. The Bertz CT molecular complexity index is 744. The van der Waals surface area contributed by atoms with Crippen molar-refractivity contribution in [2.45, 2.75) is 57.7 Å². The summed E-state index contributed by atoms with van der Waals surface area (Å²) in [6.07, 6.45) is 2.68. The Kier molecular flexibility index (Phi) is 4.97. The average molecular weight is 377 g/mol. The number of carbonyl (C=O) groups excluding carboxylic acids is 1. The number of piperidine rings is 1. The summed E-state index contributed by atoms with van der Waals surface area (Å²) >= 11 is 0. The minimum atomic E-state index is -1.01. The van der Waals surface area contributed by atoms with E-state index in [1.807, 2.05) is 20.8 Å². The summed E-state index contributed by atoms with van der Waals surface area (Å²) < 4.78 is 17.0. The summed E-state index contributed by atoms with van der Waals surface area (Å²) in [5.41, 5.74) is 0.190. The zero-order valence-electron chi connectivity index (χ0n) is 16.3. The highest BCUT2D eigenvalue weighted by Crippen LogP contribution is 2.42.